The van der Waals surface area contributed by atoms with Crippen molar-refractivity contribution in [2.45, 2.75) is 230 Å². The van der Waals surface area contributed by atoms with Crippen LogP contribution >= 0.6 is 0 Å². The van der Waals surface area contributed by atoms with Gasteiger partial charge in [-0.25, -0.2) is 0 Å². The van der Waals surface area contributed by atoms with Gasteiger partial charge in [-0.3, -0.25) is 4.79 Å². The molecule has 1 amide bonds. The highest BCUT2D eigenvalue weighted by Gasteiger charge is 2.44. The van der Waals surface area contributed by atoms with E-state index in [9.17, 15) is 35.4 Å². The van der Waals surface area contributed by atoms with Crippen LogP contribution in [-0.2, 0) is 14.3 Å². The lowest BCUT2D eigenvalue weighted by Gasteiger charge is -2.40. The Bertz CT molecular complexity index is 829. The number of amides is 1. The van der Waals surface area contributed by atoms with Crippen molar-refractivity contribution >= 4 is 5.91 Å². The molecule has 1 fully saturated rings. The van der Waals surface area contributed by atoms with E-state index < -0.39 is 61.5 Å². The summed E-state index contributed by atoms with van der Waals surface area (Å²) in [6, 6.07) is -0.891. The molecular formula is C41H79NO9. The topological polar surface area (TPSA) is 169 Å². The molecule has 302 valence electrons. The van der Waals surface area contributed by atoms with Gasteiger partial charge in [-0.1, -0.05) is 154 Å². The molecule has 1 rings (SSSR count). The number of carbonyl (C=O) groups is 1. The van der Waals surface area contributed by atoms with Gasteiger partial charge in [0, 0.05) is 0 Å². The van der Waals surface area contributed by atoms with E-state index in [-0.39, 0.29) is 6.61 Å². The zero-order chi connectivity index (χ0) is 37.5. The van der Waals surface area contributed by atoms with Crippen molar-refractivity contribution in [3.8, 4) is 0 Å². The smallest absolute Gasteiger partial charge is 0.249 e. The molecule has 0 spiro atoms. The molecule has 8 atom stereocenters. The number of hydrogen-bond donors (Lipinski definition) is 7. The van der Waals surface area contributed by atoms with Gasteiger partial charge in [-0.05, 0) is 38.5 Å². The Morgan fingerprint density at radius 1 is 0.647 bits per heavy atom. The number of hydrogen-bond acceptors (Lipinski definition) is 9. The normalized spacial score (nSPS) is 22.7. The zero-order valence-corrected chi connectivity index (χ0v) is 32.5. The summed E-state index contributed by atoms with van der Waals surface area (Å²) in [7, 11) is 0. The molecule has 51 heavy (non-hydrogen) atoms. The molecule has 8 unspecified atom stereocenters. The van der Waals surface area contributed by atoms with Crippen LogP contribution in [0.25, 0.3) is 0 Å². The summed E-state index contributed by atoms with van der Waals surface area (Å²) in [6.45, 7) is 3.62. The van der Waals surface area contributed by atoms with Crippen LogP contribution in [-0.4, -0.2) is 98.7 Å². The standard InChI is InChI=1S/C41H79NO9/c1-3-5-7-9-11-13-15-17-18-20-22-24-26-28-30-35(45)40(49)42-33(32-50-41-39(48)38(47)37(46)36(31-43)51-41)34(44)29-27-25-23-21-19-16-14-12-10-8-6-4-2/h13,15,33-39,41,43-48H,3-12,14,16-32H2,1-2H3,(H,42,49)/b15-13-. The van der Waals surface area contributed by atoms with Crippen LogP contribution < -0.4 is 5.32 Å². The van der Waals surface area contributed by atoms with Crippen molar-refractivity contribution in [2.75, 3.05) is 13.2 Å². The molecule has 1 aliphatic heterocycles. The maximum atomic E-state index is 13.0. The lowest BCUT2D eigenvalue weighted by Crippen LogP contribution is -2.60. The third-order valence-electron chi connectivity index (χ3n) is 10.2. The minimum Gasteiger partial charge on any atom is -0.394 e. The molecule has 0 aliphatic carbocycles. The first-order valence-corrected chi connectivity index (χ1v) is 21.0. The van der Waals surface area contributed by atoms with Crippen molar-refractivity contribution in [3.05, 3.63) is 12.2 Å². The molecule has 1 saturated heterocycles. The van der Waals surface area contributed by atoms with Gasteiger partial charge in [0.2, 0.25) is 5.91 Å². The van der Waals surface area contributed by atoms with Crippen molar-refractivity contribution < 1.29 is 44.9 Å². The fourth-order valence-corrected chi connectivity index (χ4v) is 6.69. The second-order valence-corrected chi connectivity index (χ2v) is 14.9. The van der Waals surface area contributed by atoms with Gasteiger partial charge in [0.15, 0.2) is 6.29 Å². The molecule has 10 nitrogen and oxygen atoms in total. The monoisotopic (exact) mass is 730 g/mol. The zero-order valence-electron chi connectivity index (χ0n) is 32.5. The third-order valence-corrected chi connectivity index (χ3v) is 10.2. The first-order chi connectivity index (χ1) is 24.8. The summed E-state index contributed by atoms with van der Waals surface area (Å²) in [5.74, 6) is -0.590. The third kappa shape index (κ3) is 23.3. The molecule has 0 aromatic heterocycles. The minimum absolute atomic E-state index is 0.255. The summed E-state index contributed by atoms with van der Waals surface area (Å²) < 4.78 is 11.1. The number of rotatable bonds is 34. The molecule has 0 saturated carbocycles. The maximum Gasteiger partial charge on any atom is 0.249 e. The van der Waals surface area contributed by atoms with Gasteiger partial charge in [0.25, 0.3) is 0 Å². The van der Waals surface area contributed by atoms with Crippen molar-refractivity contribution in [3.63, 3.8) is 0 Å². The lowest BCUT2D eigenvalue weighted by molar-refractivity contribution is -0.302. The van der Waals surface area contributed by atoms with Crippen LogP contribution in [0.1, 0.15) is 181 Å². The minimum atomic E-state index is -1.59. The summed E-state index contributed by atoms with van der Waals surface area (Å²) >= 11 is 0. The average Bonchev–Trinajstić information content (AvgIpc) is 3.13. The van der Waals surface area contributed by atoms with E-state index in [1.54, 1.807) is 0 Å². The van der Waals surface area contributed by atoms with E-state index in [0.29, 0.717) is 12.8 Å². The number of aliphatic hydroxyl groups is 6. The van der Waals surface area contributed by atoms with Crippen LogP contribution in [0.4, 0.5) is 0 Å². The summed E-state index contributed by atoms with van der Waals surface area (Å²) in [5.41, 5.74) is 0. The van der Waals surface area contributed by atoms with E-state index in [0.717, 1.165) is 57.8 Å². The SMILES string of the molecule is CCCCCC/C=C\CCCCCCCCC(O)C(=O)NC(COC1OC(CO)C(O)C(O)C1O)C(O)CCCCCCCCCCCCCC. The molecule has 0 radical (unpaired) electrons. The van der Waals surface area contributed by atoms with Crippen LogP contribution in [0.3, 0.4) is 0 Å². The Morgan fingerprint density at radius 3 is 1.61 bits per heavy atom. The van der Waals surface area contributed by atoms with Crippen LogP contribution in [0.15, 0.2) is 12.2 Å². The van der Waals surface area contributed by atoms with Crippen molar-refractivity contribution in [1.82, 2.24) is 5.32 Å². The highest BCUT2D eigenvalue weighted by atomic mass is 16.7. The fourth-order valence-electron chi connectivity index (χ4n) is 6.69. The number of allylic oxidation sites excluding steroid dienone is 2. The highest BCUT2D eigenvalue weighted by molar-refractivity contribution is 5.80. The van der Waals surface area contributed by atoms with Gasteiger partial charge in [0.1, 0.15) is 30.5 Å². The molecule has 0 bridgehead atoms. The lowest BCUT2D eigenvalue weighted by atomic mass is 9.99. The molecule has 7 N–H and O–H groups in total. The Hall–Kier alpha value is -1.11. The Balaban J connectivity index is 2.45. The van der Waals surface area contributed by atoms with E-state index >= 15 is 0 Å². The van der Waals surface area contributed by atoms with Crippen molar-refractivity contribution in [1.29, 1.82) is 0 Å². The highest BCUT2D eigenvalue weighted by Crippen LogP contribution is 2.23. The first kappa shape index (κ1) is 47.9. The van der Waals surface area contributed by atoms with E-state index in [2.05, 4.69) is 31.3 Å². The number of carbonyl (C=O) groups excluding carboxylic acids is 1. The largest absolute Gasteiger partial charge is 0.394 e. The van der Waals surface area contributed by atoms with Gasteiger partial charge >= 0.3 is 0 Å². The molecular weight excluding hydrogens is 650 g/mol. The van der Waals surface area contributed by atoms with Gasteiger partial charge in [-0.2, -0.15) is 0 Å². The molecule has 1 heterocycles. The summed E-state index contributed by atoms with van der Waals surface area (Å²) in [5, 5.41) is 64.6. The van der Waals surface area contributed by atoms with Gasteiger partial charge in [0.05, 0.1) is 25.4 Å². The number of ether oxygens (including phenoxy) is 2. The Labute approximate surface area is 310 Å². The molecule has 0 aromatic rings. The number of aliphatic hydroxyl groups excluding tert-OH is 6. The number of unbranched alkanes of at least 4 members (excludes halogenated alkanes) is 21. The molecule has 10 heteroatoms. The average molecular weight is 730 g/mol. The second-order valence-electron chi connectivity index (χ2n) is 14.9. The number of nitrogens with one attached hydrogen (secondary N) is 1. The predicted molar refractivity (Wildman–Crippen MR) is 204 cm³/mol. The Kier molecular flexibility index (Phi) is 30.4. The molecule has 0 aromatic carbocycles. The maximum absolute atomic E-state index is 13.0. The fraction of sp³-hybridized carbons (Fsp3) is 0.927. The summed E-state index contributed by atoms with van der Waals surface area (Å²) in [6.07, 6.45) is 24.0. The van der Waals surface area contributed by atoms with E-state index in [1.807, 2.05) is 0 Å². The Morgan fingerprint density at radius 2 is 1.10 bits per heavy atom. The van der Waals surface area contributed by atoms with Gasteiger partial charge in [-0.15, -0.1) is 0 Å². The van der Waals surface area contributed by atoms with E-state index in [1.165, 1.54) is 96.3 Å². The van der Waals surface area contributed by atoms with Gasteiger partial charge < -0.3 is 45.4 Å². The quantitative estimate of drug-likeness (QED) is 0.0280. The van der Waals surface area contributed by atoms with E-state index in [4.69, 9.17) is 9.47 Å². The van der Waals surface area contributed by atoms with Crippen LogP contribution in [0, 0.1) is 0 Å². The van der Waals surface area contributed by atoms with Crippen LogP contribution in [0.2, 0.25) is 0 Å². The van der Waals surface area contributed by atoms with Crippen molar-refractivity contribution in [2.24, 2.45) is 0 Å². The second kappa shape index (κ2) is 32.3. The summed E-state index contributed by atoms with van der Waals surface area (Å²) in [4.78, 5) is 13.0. The predicted octanol–water partition coefficient (Wildman–Crippen LogP) is 6.75. The van der Waals surface area contributed by atoms with Crippen LogP contribution in [0.5, 0.6) is 0 Å². The molecule has 1 aliphatic rings. The first-order valence-electron chi connectivity index (χ1n) is 21.0.